The lowest BCUT2D eigenvalue weighted by molar-refractivity contribution is -0.135. The van der Waals surface area contributed by atoms with E-state index in [4.69, 9.17) is 19.3 Å². The Balaban J connectivity index is 2.77. The third-order valence-corrected chi connectivity index (χ3v) is 2.63. The molecule has 19 heavy (non-hydrogen) atoms. The Labute approximate surface area is 112 Å². The number of rotatable bonds is 8. The molecule has 6 heteroatoms. The van der Waals surface area contributed by atoms with Gasteiger partial charge in [0.15, 0.2) is 11.5 Å². The molecule has 106 valence electrons. The Kier molecular flexibility index (Phi) is 5.95. The number of ether oxygens (including phenoxy) is 3. The van der Waals surface area contributed by atoms with Gasteiger partial charge in [0.1, 0.15) is 5.75 Å². The highest BCUT2D eigenvalue weighted by Gasteiger charge is 2.11. The Morgan fingerprint density at radius 3 is 2.21 bits per heavy atom. The predicted molar refractivity (Wildman–Crippen MR) is 70.3 cm³/mol. The highest BCUT2D eigenvalue weighted by atomic mass is 16.5. The number of benzene rings is 1. The van der Waals surface area contributed by atoms with Crippen LogP contribution in [0.3, 0.4) is 0 Å². The molecule has 6 nitrogen and oxygen atoms in total. The average molecular weight is 269 g/mol. The zero-order chi connectivity index (χ0) is 14.3. The van der Waals surface area contributed by atoms with Crippen LogP contribution >= 0.6 is 0 Å². The van der Waals surface area contributed by atoms with Crippen LogP contribution in [0.25, 0.3) is 0 Å². The van der Waals surface area contributed by atoms with E-state index in [0.717, 1.165) is 5.56 Å². The van der Waals surface area contributed by atoms with Gasteiger partial charge in [0, 0.05) is 6.07 Å². The summed E-state index contributed by atoms with van der Waals surface area (Å²) in [6.07, 6.45) is 0.636. The van der Waals surface area contributed by atoms with Gasteiger partial charge in [-0.25, -0.2) is 0 Å². The second-order valence-corrected chi connectivity index (χ2v) is 3.84. The fraction of sp³-hybridized carbons (Fsp3) is 0.462. The molecule has 0 unspecified atom stereocenters. The van der Waals surface area contributed by atoms with Crippen LogP contribution in [-0.4, -0.2) is 45.5 Å². The van der Waals surface area contributed by atoms with Gasteiger partial charge >= 0.3 is 5.97 Å². The summed E-state index contributed by atoms with van der Waals surface area (Å²) in [6.45, 7) is 0.480. The van der Waals surface area contributed by atoms with Crippen molar-refractivity contribution in [2.75, 3.05) is 34.4 Å². The van der Waals surface area contributed by atoms with Crippen LogP contribution in [0.2, 0.25) is 0 Å². The Morgan fingerprint density at radius 2 is 1.68 bits per heavy atom. The van der Waals surface area contributed by atoms with E-state index in [0.29, 0.717) is 30.2 Å². The molecule has 0 radical (unpaired) electrons. The maximum absolute atomic E-state index is 10.4. The first kappa shape index (κ1) is 15.1. The highest BCUT2D eigenvalue weighted by molar-refractivity contribution is 5.69. The molecule has 0 saturated heterocycles. The summed E-state index contributed by atoms with van der Waals surface area (Å²) in [4.78, 5) is 10.4. The molecule has 0 atom stereocenters. The van der Waals surface area contributed by atoms with Crippen molar-refractivity contribution < 1.29 is 24.1 Å². The summed E-state index contributed by atoms with van der Waals surface area (Å²) < 4.78 is 15.7. The van der Waals surface area contributed by atoms with Crippen LogP contribution in [-0.2, 0) is 11.2 Å². The Morgan fingerprint density at radius 1 is 1.11 bits per heavy atom. The third-order valence-electron chi connectivity index (χ3n) is 2.63. The second kappa shape index (κ2) is 7.48. The van der Waals surface area contributed by atoms with Gasteiger partial charge in [-0.1, -0.05) is 0 Å². The van der Waals surface area contributed by atoms with E-state index in [1.165, 1.54) is 0 Å². The van der Waals surface area contributed by atoms with Gasteiger partial charge in [-0.05, 0) is 24.6 Å². The van der Waals surface area contributed by atoms with Crippen LogP contribution in [0.1, 0.15) is 5.56 Å². The molecule has 0 fully saturated rings. The van der Waals surface area contributed by atoms with Crippen molar-refractivity contribution in [1.29, 1.82) is 0 Å². The predicted octanol–water partition coefficient (Wildman–Crippen LogP) is 0.929. The van der Waals surface area contributed by atoms with Crippen LogP contribution in [0.5, 0.6) is 17.2 Å². The van der Waals surface area contributed by atoms with Gasteiger partial charge in [0.2, 0.25) is 0 Å². The summed E-state index contributed by atoms with van der Waals surface area (Å²) >= 11 is 0. The van der Waals surface area contributed by atoms with Gasteiger partial charge in [0.25, 0.3) is 0 Å². The van der Waals surface area contributed by atoms with Crippen molar-refractivity contribution in [3.63, 3.8) is 0 Å². The lowest BCUT2D eigenvalue weighted by Gasteiger charge is -2.14. The average Bonchev–Trinajstić information content (AvgIpc) is 2.42. The summed E-state index contributed by atoms with van der Waals surface area (Å²) in [6, 6.07) is 3.59. The van der Waals surface area contributed by atoms with E-state index in [-0.39, 0.29) is 6.54 Å². The van der Waals surface area contributed by atoms with Crippen LogP contribution in [0.15, 0.2) is 12.1 Å². The molecule has 1 rings (SSSR count). The Hall–Kier alpha value is -1.95. The molecule has 0 heterocycles. The molecule has 0 spiro atoms. The largest absolute Gasteiger partial charge is 0.496 e. The molecule has 0 bridgehead atoms. The molecule has 0 aliphatic rings. The van der Waals surface area contributed by atoms with Gasteiger partial charge in [-0.3, -0.25) is 4.79 Å². The minimum absolute atomic E-state index is 0.0599. The van der Waals surface area contributed by atoms with Gasteiger partial charge < -0.3 is 24.6 Å². The SMILES string of the molecule is COc1cc(OC)c(OC)cc1CCNCC(=O)O. The van der Waals surface area contributed by atoms with Crippen molar-refractivity contribution in [1.82, 2.24) is 5.32 Å². The lowest BCUT2D eigenvalue weighted by Crippen LogP contribution is -2.24. The minimum atomic E-state index is -0.876. The number of carboxylic acids is 1. The zero-order valence-electron chi connectivity index (χ0n) is 11.4. The monoisotopic (exact) mass is 269 g/mol. The maximum atomic E-state index is 10.4. The minimum Gasteiger partial charge on any atom is -0.496 e. The molecule has 1 aromatic carbocycles. The lowest BCUT2D eigenvalue weighted by atomic mass is 10.1. The van der Waals surface area contributed by atoms with E-state index < -0.39 is 5.97 Å². The number of carboxylic acid groups (broad SMARTS) is 1. The molecule has 1 aromatic rings. The number of hydrogen-bond donors (Lipinski definition) is 2. The summed E-state index contributed by atoms with van der Waals surface area (Å²) in [7, 11) is 4.71. The summed E-state index contributed by atoms with van der Waals surface area (Å²) in [5.74, 6) is 1.03. The molecule has 0 saturated carbocycles. The first-order chi connectivity index (χ1) is 9.12. The first-order valence-electron chi connectivity index (χ1n) is 5.83. The third kappa shape index (κ3) is 4.33. The highest BCUT2D eigenvalue weighted by Crippen LogP contribution is 2.34. The number of hydrogen-bond acceptors (Lipinski definition) is 5. The number of methoxy groups -OCH3 is 3. The maximum Gasteiger partial charge on any atom is 0.317 e. The fourth-order valence-electron chi connectivity index (χ4n) is 1.71. The van der Waals surface area contributed by atoms with Crippen molar-refractivity contribution in [2.45, 2.75) is 6.42 Å². The van der Waals surface area contributed by atoms with Gasteiger partial charge in [0.05, 0.1) is 27.9 Å². The van der Waals surface area contributed by atoms with E-state index in [1.807, 2.05) is 6.07 Å². The van der Waals surface area contributed by atoms with Crippen LogP contribution < -0.4 is 19.5 Å². The topological polar surface area (TPSA) is 77.0 Å². The number of carbonyl (C=O) groups is 1. The second-order valence-electron chi connectivity index (χ2n) is 3.84. The zero-order valence-corrected chi connectivity index (χ0v) is 11.4. The fourth-order valence-corrected chi connectivity index (χ4v) is 1.71. The van der Waals surface area contributed by atoms with Crippen molar-refractivity contribution in [2.24, 2.45) is 0 Å². The molecular weight excluding hydrogens is 250 g/mol. The summed E-state index contributed by atoms with van der Waals surface area (Å²) in [5.41, 5.74) is 0.929. The smallest absolute Gasteiger partial charge is 0.317 e. The standard InChI is InChI=1S/C13H19NO5/c1-17-10-7-12(19-3)11(18-2)6-9(10)4-5-14-8-13(15)16/h6-7,14H,4-5,8H2,1-3H3,(H,15,16). The number of aliphatic carboxylic acids is 1. The summed E-state index contributed by atoms with van der Waals surface area (Å²) in [5, 5.41) is 11.4. The van der Waals surface area contributed by atoms with Crippen molar-refractivity contribution in [3.05, 3.63) is 17.7 Å². The molecule has 0 aliphatic heterocycles. The number of nitrogens with one attached hydrogen (secondary N) is 1. The van der Waals surface area contributed by atoms with Crippen molar-refractivity contribution >= 4 is 5.97 Å². The van der Waals surface area contributed by atoms with Crippen LogP contribution in [0.4, 0.5) is 0 Å². The van der Waals surface area contributed by atoms with E-state index >= 15 is 0 Å². The normalized spacial score (nSPS) is 10.1. The molecule has 0 amide bonds. The molecule has 0 aliphatic carbocycles. The van der Waals surface area contributed by atoms with E-state index in [1.54, 1.807) is 27.4 Å². The van der Waals surface area contributed by atoms with Gasteiger partial charge in [-0.2, -0.15) is 0 Å². The molecular formula is C13H19NO5. The molecule has 0 aromatic heterocycles. The first-order valence-corrected chi connectivity index (χ1v) is 5.83. The Bertz CT molecular complexity index is 433. The quantitative estimate of drug-likeness (QED) is 0.684. The van der Waals surface area contributed by atoms with E-state index in [9.17, 15) is 4.79 Å². The van der Waals surface area contributed by atoms with Crippen molar-refractivity contribution in [3.8, 4) is 17.2 Å². The van der Waals surface area contributed by atoms with E-state index in [2.05, 4.69) is 5.32 Å². The van der Waals surface area contributed by atoms with Gasteiger partial charge in [-0.15, -0.1) is 0 Å². The van der Waals surface area contributed by atoms with Crippen LogP contribution in [0, 0.1) is 0 Å². The molecule has 2 N–H and O–H groups in total.